The van der Waals surface area contributed by atoms with Gasteiger partial charge in [-0.15, -0.1) is 0 Å². The molecule has 2 unspecified atom stereocenters. The lowest BCUT2D eigenvalue weighted by Gasteiger charge is -2.39. The minimum atomic E-state index is 1.09. The highest BCUT2D eigenvalue weighted by atomic mass is 14.4. The van der Waals surface area contributed by atoms with Gasteiger partial charge in [0.25, 0.3) is 0 Å². The fourth-order valence-corrected chi connectivity index (χ4v) is 6.54. The molecule has 0 aromatic heterocycles. The Bertz CT molecular complexity index is 304. The van der Waals surface area contributed by atoms with Crippen LogP contribution in [-0.2, 0) is 0 Å². The van der Waals surface area contributed by atoms with E-state index >= 15 is 0 Å². The molecular weight excluding hydrogens is 288 g/mol. The quantitative estimate of drug-likeness (QED) is 0.446. The first kappa shape index (κ1) is 18.8. The molecule has 0 heteroatoms. The number of hydrogen-bond donors (Lipinski definition) is 0. The first-order valence-corrected chi connectivity index (χ1v) is 11.9. The molecule has 0 aromatic rings. The van der Waals surface area contributed by atoms with Crippen molar-refractivity contribution in [1.82, 2.24) is 0 Å². The average molecular weight is 333 g/mol. The molecule has 24 heavy (non-hydrogen) atoms. The highest BCUT2D eigenvalue weighted by Crippen LogP contribution is 2.45. The Balaban J connectivity index is 1.71. The molecule has 3 fully saturated rings. The monoisotopic (exact) mass is 332 g/mol. The van der Waals surface area contributed by atoms with Crippen molar-refractivity contribution < 1.29 is 0 Å². The van der Waals surface area contributed by atoms with Crippen molar-refractivity contribution in [2.45, 2.75) is 128 Å². The maximum atomic E-state index is 1.59. The molecule has 3 rings (SSSR count). The average Bonchev–Trinajstić information content (AvgIpc) is 2.77. The third kappa shape index (κ3) is 5.77. The van der Waals surface area contributed by atoms with Gasteiger partial charge in [-0.1, -0.05) is 116 Å². The molecule has 2 atom stereocenters. The van der Waals surface area contributed by atoms with Crippen LogP contribution >= 0.6 is 0 Å². The topological polar surface area (TPSA) is 0 Å². The molecule has 3 aliphatic rings. The van der Waals surface area contributed by atoms with Gasteiger partial charge in [0, 0.05) is 0 Å². The fraction of sp³-hybridized carbons (Fsp3) is 1.00. The summed E-state index contributed by atoms with van der Waals surface area (Å²) in [6.07, 6.45) is 30.9. The minimum Gasteiger partial charge on any atom is -0.0533 e. The van der Waals surface area contributed by atoms with Crippen LogP contribution < -0.4 is 0 Å². The van der Waals surface area contributed by atoms with E-state index in [0.717, 1.165) is 23.7 Å². The van der Waals surface area contributed by atoms with Gasteiger partial charge in [0.05, 0.1) is 0 Å². The second kappa shape index (κ2) is 10.9. The minimum absolute atomic E-state index is 1.09. The van der Waals surface area contributed by atoms with E-state index in [1.54, 1.807) is 77.0 Å². The van der Waals surface area contributed by atoms with Crippen LogP contribution in [0.25, 0.3) is 0 Å². The molecule has 0 aliphatic heterocycles. The normalized spacial score (nSPS) is 33.5. The number of rotatable bonds is 2. The van der Waals surface area contributed by atoms with Gasteiger partial charge in [0.15, 0.2) is 0 Å². The van der Waals surface area contributed by atoms with Crippen LogP contribution in [0.15, 0.2) is 0 Å². The summed E-state index contributed by atoms with van der Waals surface area (Å²) in [6, 6.07) is 0. The van der Waals surface area contributed by atoms with Crippen molar-refractivity contribution in [3.8, 4) is 0 Å². The van der Waals surface area contributed by atoms with Crippen LogP contribution in [0.3, 0.4) is 0 Å². The second-order valence-electron chi connectivity index (χ2n) is 9.53. The molecule has 0 amide bonds. The van der Waals surface area contributed by atoms with Crippen molar-refractivity contribution >= 4 is 0 Å². The van der Waals surface area contributed by atoms with Crippen molar-refractivity contribution in [3.63, 3.8) is 0 Å². The summed E-state index contributed by atoms with van der Waals surface area (Å²) in [6.45, 7) is 0. The zero-order valence-electron chi connectivity index (χ0n) is 16.5. The Kier molecular flexibility index (Phi) is 8.51. The maximum Gasteiger partial charge on any atom is -0.0355 e. The molecule has 0 spiro atoms. The molecule has 0 N–H and O–H groups in total. The summed E-state index contributed by atoms with van der Waals surface area (Å²) < 4.78 is 0. The van der Waals surface area contributed by atoms with Crippen LogP contribution in [0.5, 0.6) is 0 Å². The van der Waals surface area contributed by atoms with E-state index in [1.165, 1.54) is 51.4 Å². The lowest BCUT2D eigenvalue weighted by atomic mass is 9.66. The molecule has 0 nitrogen and oxygen atoms in total. The van der Waals surface area contributed by atoms with E-state index in [0.29, 0.717) is 0 Å². The fourth-order valence-electron chi connectivity index (χ4n) is 6.54. The van der Waals surface area contributed by atoms with Gasteiger partial charge in [-0.2, -0.15) is 0 Å². The third-order valence-corrected chi connectivity index (χ3v) is 7.89. The lowest BCUT2D eigenvalue weighted by molar-refractivity contribution is 0.109. The Morgan fingerprint density at radius 3 is 0.833 bits per heavy atom. The summed E-state index contributed by atoms with van der Waals surface area (Å²) in [5.74, 6) is 4.40. The van der Waals surface area contributed by atoms with Crippen molar-refractivity contribution in [1.29, 1.82) is 0 Å². The second-order valence-corrected chi connectivity index (χ2v) is 9.53. The summed E-state index contributed by atoms with van der Waals surface area (Å²) in [5.41, 5.74) is 0. The lowest BCUT2D eigenvalue weighted by Crippen LogP contribution is -2.30. The van der Waals surface area contributed by atoms with Crippen LogP contribution in [-0.4, -0.2) is 0 Å². The molecule has 140 valence electrons. The standard InChI is InChI=1S/C24H44/c1-3-9-15-21(16-10-4-1)23-19-13-5-2-6-14-20-24(23)22-17-11-7-8-12-18-22/h21-24H,1-20H2. The Hall–Kier alpha value is 0. The zero-order valence-corrected chi connectivity index (χ0v) is 16.5. The van der Waals surface area contributed by atoms with E-state index in [-0.39, 0.29) is 0 Å². The first-order chi connectivity index (χ1) is 11.9. The molecule has 3 saturated carbocycles. The van der Waals surface area contributed by atoms with Gasteiger partial charge in [-0.3, -0.25) is 0 Å². The smallest absolute Gasteiger partial charge is 0.0355 e. The highest BCUT2D eigenvalue weighted by Gasteiger charge is 2.34. The Labute approximate surface area is 152 Å². The SMILES string of the molecule is C1CCCC(C2CCCCCCCC2C2CCCCCC2)CCC1. The van der Waals surface area contributed by atoms with E-state index in [2.05, 4.69) is 0 Å². The van der Waals surface area contributed by atoms with E-state index < -0.39 is 0 Å². The molecule has 3 aliphatic carbocycles. The van der Waals surface area contributed by atoms with Gasteiger partial charge in [-0.25, -0.2) is 0 Å². The zero-order chi connectivity index (χ0) is 16.5. The molecule has 0 bridgehead atoms. The van der Waals surface area contributed by atoms with Crippen LogP contribution in [0, 0.1) is 23.7 Å². The van der Waals surface area contributed by atoms with Crippen LogP contribution in [0.1, 0.15) is 128 Å². The van der Waals surface area contributed by atoms with Crippen LogP contribution in [0.4, 0.5) is 0 Å². The summed E-state index contributed by atoms with van der Waals surface area (Å²) in [4.78, 5) is 0. The van der Waals surface area contributed by atoms with Crippen molar-refractivity contribution in [2.24, 2.45) is 23.7 Å². The Morgan fingerprint density at radius 1 is 0.250 bits per heavy atom. The summed E-state index contributed by atoms with van der Waals surface area (Å²) in [5, 5.41) is 0. The van der Waals surface area contributed by atoms with E-state index in [9.17, 15) is 0 Å². The highest BCUT2D eigenvalue weighted by molar-refractivity contribution is 4.85. The molecule has 0 aromatic carbocycles. The molecule has 0 radical (unpaired) electrons. The van der Waals surface area contributed by atoms with Crippen LogP contribution in [0.2, 0.25) is 0 Å². The first-order valence-electron chi connectivity index (χ1n) is 11.9. The number of hydrogen-bond acceptors (Lipinski definition) is 0. The maximum absolute atomic E-state index is 1.59. The summed E-state index contributed by atoms with van der Waals surface area (Å²) >= 11 is 0. The largest absolute Gasteiger partial charge is 0.0533 e. The van der Waals surface area contributed by atoms with Gasteiger partial charge in [-0.05, 0) is 36.5 Å². The third-order valence-electron chi connectivity index (χ3n) is 7.89. The molecule has 0 saturated heterocycles. The van der Waals surface area contributed by atoms with Crippen molar-refractivity contribution in [3.05, 3.63) is 0 Å². The van der Waals surface area contributed by atoms with E-state index in [4.69, 9.17) is 0 Å². The predicted molar refractivity (Wildman–Crippen MR) is 106 cm³/mol. The van der Waals surface area contributed by atoms with Gasteiger partial charge >= 0.3 is 0 Å². The van der Waals surface area contributed by atoms with Crippen molar-refractivity contribution in [2.75, 3.05) is 0 Å². The predicted octanol–water partition coefficient (Wildman–Crippen LogP) is 8.29. The molecular formula is C24H44. The van der Waals surface area contributed by atoms with Gasteiger partial charge in [0.1, 0.15) is 0 Å². The van der Waals surface area contributed by atoms with E-state index in [1.807, 2.05) is 0 Å². The van der Waals surface area contributed by atoms with Gasteiger partial charge in [0.2, 0.25) is 0 Å². The van der Waals surface area contributed by atoms with Gasteiger partial charge < -0.3 is 0 Å². The summed E-state index contributed by atoms with van der Waals surface area (Å²) in [7, 11) is 0. The molecule has 0 heterocycles. The Morgan fingerprint density at radius 2 is 0.500 bits per heavy atom.